The smallest absolute Gasteiger partial charge is 0.0972 e. The molecule has 5 rings (SSSR count). The molecule has 0 N–H and O–H groups in total. The second-order valence-corrected chi connectivity index (χ2v) is 9.02. The molecule has 34 heavy (non-hydrogen) atoms. The average molecular weight is 503 g/mol. The zero-order valence-electron chi connectivity index (χ0n) is 18.9. The van der Waals surface area contributed by atoms with Crippen LogP contribution in [0.3, 0.4) is 0 Å². The van der Waals surface area contributed by atoms with Crippen molar-refractivity contribution >= 4 is 43.3 Å². The molecule has 2 nitrogen and oxygen atoms in total. The van der Waals surface area contributed by atoms with E-state index in [1.165, 1.54) is 5.56 Å². The van der Waals surface area contributed by atoms with Crippen molar-refractivity contribution in [2.45, 2.75) is 6.92 Å². The van der Waals surface area contributed by atoms with Gasteiger partial charge in [-0.15, -0.1) is 0 Å². The van der Waals surface area contributed by atoms with Crippen molar-refractivity contribution in [1.82, 2.24) is 9.97 Å². The predicted octanol–water partition coefficient (Wildman–Crippen LogP) is 9.02. The molecule has 0 unspecified atom stereocenters. The van der Waals surface area contributed by atoms with E-state index in [0.29, 0.717) is 0 Å². The summed E-state index contributed by atoms with van der Waals surface area (Å²) in [4.78, 5) is 10.0. The fourth-order valence-corrected chi connectivity index (χ4v) is 4.24. The molecule has 0 aliphatic heterocycles. The lowest BCUT2D eigenvalue weighted by molar-refractivity contribution is 1.34. The highest BCUT2D eigenvalue weighted by Crippen LogP contribution is 2.30. The van der Waals surface area contributed by atoms with Gasteiger partial charge in [0.2, 0.25) is 0 Å². The van der Waals surface area contributed by atoms with Crippen LogP contribution in [0.4, 0.5) is 0 Å². The van der Waals surface area contributed by atoms with Gasteiger partial charge in [0.1, 0.15) is 0 Å². The minimum absolute atomic E-state index is 0.852. The molecule has 0 atom stereocenters. The summed E-state index contributed by atoms with van der Waals surface area (Å²) in [5, 5.41) is 2.13. The number of hydrogen-bond acceptors (Lipinski definition) is 2. The normalized spacial score (nSPS) is 11.7. The summed E-state index contributed by atoms with van der Waals surface area (Å²) in [6.45, 7) is 6.18. The molecule has 0 fully saturated rings. The molecule has 0 bridgehead atoms. The topological polar surface area (TPSA) is 25.8 Å². The van der Waals surface area contributed by atoms with Gasteiger partial charge in [0.05, 0.1) is 22.4 Å². The maximum absolute atomic E-state index is 5.07. The fraction of sp³-hybridized carbons (Fsp3) is 0.0323. The lowest BCUT2D eigenvalue weighted by Gasteiger charge is -2.09. The molecule has 0 spiro atoms. The highest BCUT2D eigenvalue weighted by molar-refractivity contribution is 9.10. The highest BCUT2D eigenvalue weighted by Gasteiger charge is 2.09. The van der Waals surface area contributed by atoms with Crippen LogP contribution in [0.25, 0.3) is 49.8 Å². The first kappa shape index (κ1) is 22.0. The van der Waals surface area contributed by atoms with Crippen molar-refractivity contribution in [3.8, 4) is 22.4 Å². The Hall–Kier alpha value is -3.82. The lowest BCUT2D eigenvalue weighted by atomic mass is 10.0. The van der Waals surface area contributed by atoms with E-state index in [0.717, 1.165) is 54.4 Å². The Balaban J connectivity index is 1.60. The van der Waals surface area contributed by atoms with Crippen molar-refractivity contribution in [1.29, 1.82) is 0 Å². The van der Waals surface area contributed by atoms with Crippen LogP contribution in [-0.4, -0.2) is 9.97 Å². The Morgan fingerprint density at radius 3 is 2.18 bits per heavy atom. The molecule has 5 aromatic rings. The summed E-state index contributed by atoms with van der Waals surface area (Å²) in [6.07, 6.45) is 7.93. The predicted molar refractivity (Wildman–Crippen MR) is 149 cm³/mol. The maximum atomic E-state index is 5.07. The Morgan fingerprint density at radius 1 is 0.735 bits per heavy atom. The first-order valence-corrected chi connectivity index (χ1v) is 12.0. The number of rotatable bonds is 5. The summed E-state index contributed by atoms with van der Waals surface area (Å²) < 4.78 is 1.07. The second kappa shape index (κ2) is 9.58. The number of benzene rings is 3. The highest BCUT2D eigenvalue weighted by atomic mass is 79.9. The molecule has 0 radical (unpaired) electrons. The summed E-state index contributed by atoms with van der Waals surface area (Å²) in [6, 6.07) is 29.4. The number of pyridine rings is 2. The van der Waals surface area contributed by atoms with Crippen molar-refractivity contribution in [2.75, 3.05) is 0 Å². The van der Waals surface area contributed by atoms with E-state index < -0.39 is 0 Å². The third-order valence-corrected chi connectivity index (χ3v) is 6.31. The quantitative estimate of drug-likeness (QED) is 0.177. The molecule has 3 heteroatoms. The summed E-state index contributed by atoms with van der Waals surface area (Å²) in [5.41, 5.74) is 7.85. The molecule has 2 heterocycles. The Labute approximate surface area is 208 Å². The monoisotopic (exact) mass is 502 g/mol. The van der Waals surface area contributed by atoms with Gasteiger partial charge in [-0.25, -0.2) is 9.97 Å². The molecule has 0 saturated carbocycles. The maximum Gasteiger partial charge on any atom is 0.0972 e. The number of nitrogens with zero attached hydrogens (tertiary/aromatic N) is 2. The number of aromatic nitrogens is 2. The van der Waals surface area contributed by atoms with Gasteiger partial charge in [-0.1, -0.05) is 101 Å². The zero-order valence-corrected chi connectivity index (χ0v) is 20.5. The van der Waals surface area contributed by atoms with Crippen LogP contribution in [0.2, 0.25) is 0 Å². The van der Waals surface area contributed by atoms with Crippen molar-refractivity contribution in [3.63, 3.8) is 0 Å². The first-order valence-electron chi connectivity index (χ1n) is 11.2. The van der Waals surface area contributed by atoms with Gasteiger partial charge in [-0.05, 0) is 54.0 Å². The summed E-state index contributed by atoms with van der Waals surface area (Å²) in [7, 11) is 0. The molecular weight excluding hydrogens is 480 g/mol. The van der Waals surface area contributed by atoms with Crippen LogP contribution in [0.1, 0.15) is 12.6 Å². The standard InChI is InChI=1S/C31H23BrN2/c1-3-4-5-7-21(2)28-18-14-23-10-11-24-15-19-29(34-31(24)30(23)33-28)26-9-6-8-25(20-26)22-12-16-27(32)17-13-22/h3-20H,2H2,1H3/b4-3-,7-5-. The van der Waals surface area contributed by atoms with Crippen LogP contribution < -0.4 is 0 Å². The molecule has 164 valence electrons. The second-order valence-electron chi connectivity index (χ2n) is 8.10. The zero-order chi connectivity index (χ0) is 23.5. The number of allylic oxidation sites excluding steroid dienone is 5. The van der Waals surface area contributed by atoms with Crippen LogP contribution in [0.5, 0.6) is 0 Å². The van der Waals surface area contributed by atoms with E-state index in [1.807, 2.05) is 37.3 Å². The summed E-state index contributed by atoms with van der Waals surface area (Å²) >= 11 is 3.51. The number of fused-ring (bicyclic) bond motifs is 3. The van der Waals surface area contributed by atoms with Crippen molar-refractivity contribution < 1.29 is 0 Å². The SMILES string of the molecule is C=C(/C=C\C=C/C)c1ccc2ccc3ccc(-c4cccc(-c5ccc(Br)cc5)c4)nc3c2n1. The van der Waals surface area contributed by atoms with Crippen molar-refractivity contribution in [2.24, 2.45) is 0 Å². The number of halogens is 1. The Bertz CT molecular complexity index is 1580. The lowest BCUT2D eigenvalue weighted by Crippen LogP contribution is -1.92. The van der Waals surface area contributed by atoms with Crippen molar-refractivity contribution in [3.05, 3.63) is 126 Å². The molecular formula is C31H23BrN2. The average Bonchev–Trinajstić information content (AvgIpc) is 2.88. The molecule has 0 aliphatic rings. The molecule has 0 saturated heterocycles. The van der Waals surface area contributed by atoms with E-state index in [2.05, 4.69) is 101 Å². The summed E-state index contributed by atoms with van der Waals surface area (Å²) in [5.74, 6) is 0. The van der Waals surface area contributed by atoms with Gasteiger partial charge in [-0.3, -0.25) is 0 Å². The molecule has 0 aliphatic carbocycles. The third-order valence-electron chi connectivity index (χ3n) is 5.79. The van der Waals surface area contributed by atoms with Gasteiger partial charge in [0.25, 0.3) is 0 Å². The molecule has 0 amide bonds. The van der Waals surface area contributed by atoms with Crippen LogP contribution in [-0.2, 0) is 0 Å². The molecule has 3 aromatic carbocycles. The van der Waals surface area contributed by atoms with Gasteiger partial charge < -0.3 is 0 Å². The van der Waals surface area contributed by atoms with E-state index in [9.17, 15) is 0 Å². The van der Waals surface area contributed by atoms with E-state index in [-0.39, 0.29) is 0 Å². The van der Waals surface area contributed by atoms with Crippen LogP contribution >= 0.6 is 15.9 Å². The van der Waals surface area contributed by atoms with Gasteiger partial charge >= 0.3 is 0 Å². The van der Waals surface area contributed by atoms with Gasteiger partial charge in [-0.2, -0.15) is 0 Å². The third kappa shape index (κ3) is 4.48. The Kier molecular flexibility index (Phi) is 6.20. The number of hydrogen-bond donors (Lipinski definition) is 0. The largest absolute Gasteiger partial charge is 0.246 e. The minimum atomic E-state index is 0.852. The van der Waals surface area contributed by atoms with Crippen LogP contribution in [0.15, 0.2) is 120 Å². The van der Waals surface area contributed by atoms with Gasteiger partial charge in [0, 0.05) is 20.8 Å². The fourth-order valence-electron chi connectivity index (χ4n) is 3.98. The first-order chi connectivity index (χ1) is 16.6. The van der Waals surface area contributed by atoms with E-state index in [4.69, 9.17) is 9.97 Å². The molecule has 2 aromatic heterocycles. The Morgan fingerprint density at radius 2 is 1.41 bits per heavy atom. The van der Waals surface area contributed by atoms with Gasteiger partial charge in [0.15, 0.2) is 0 Å². The van der Waals surface area contributed by atoms with E-state index in [1.54, 1.807) is 0 Å². The van der Waals surface area contributed by atoms with E-state index >= 15 is 0 Å². The van der Waals surface area contributed by atoms with Crippen LogP contribution in [0, 0.1) is 0 Å². The minimum Gasteiger partial charge on any atom is -0.246 e.